The van der Waals surface area contributed by atoms with Crippen molar-refractivity contribution in [2.75, 3.05) is 32.2 Å². The fourth-order valence-corrected chi connectivity index (χ4v) is 2.74. The predicted octanol–water partition coefficient (Wildman–Crippen LogP) is 3.07. The lowest BCUT2D eigenvalue weighted by atomic mass is 10.2. The van der Waals surface area contributed by atoms with E-state index in [0.29, 0.717) is 23.8 Å². The van der Waals surface area contributed by atoms with Gasteiger partial charge in [0.2, 0.25) is 0 Å². The van der Waals surface area contributed by atoms with E-state index in [1.165, 1.54) is 0 Å². The van der Waals surface area contributed by atoms with Crippen molar-refractivity contribution in [2.24, 2.45) is 0 Å². The van der Waals surface area contributed by atoms with Crippen molar-refractivity contribution in [3.05, 3.63) is 42.5 Å². The van der Waals surface area contributed by atoms with Gasteiger partial charge in [-0.2, -0.15) is 0 Å². The molecule has 5 nitrogen and oxygen atoms in total. The van der Waals surface area contributed by atoms with Gasteiger partial charge in [0.1, 0.15) is 11.5 Å². The molecule has 5 heteroatoms. The van der Waals surface area contributed by atoms with Crippen molar-refractivity contribution < 1.29 is 19.3 Å². The molecular formula is C18H21NO4. The second-order valence-corrected chi connectivity index (χ2v) is 5.50. The average Bonchev–Trinajstić information content (AvgIpc) is 3.01. The van der Waals surface area contributed by atoms with Crippen LogP contribution >= 0.6 is 0 Å². The zero-order chi connectivity index (χ0) is 16.2. The SMILES string of the molecule is COc1ccc(Oc2cccc(N3CCC(O)C3)c2)cc1OC. The second kappa shape index (κ2) is 6.79. The number of benzene rings is 2. The summed E-state index contributed by atoms with van der Waals surface area (Å²) in [6.07, 6.45) is 0.561. The summed E-state index contributed by atoms with van der Waals surface area (Å²) in [6, 6.07) is 13.3. The van der Waals surface area contributed by atoms with E-state index in [-0.39, 0.29) is 6.10 Å². The molecule has 1 atom stereocenters. The highest BCUT2D eigenvalue weighted by atomic mass is 16.5. The molecule has 0 saturated carbocycles. The second-order valence-electron chi connectivity index (χ2n) is 5.50. The van der Waals surface area contributed by atoms with Gasteiger partial charge in [-0.1, -0.05) is 6.07 Å². The summed E-state index contributed by atoms with van der Waals surface area (Å²) in [6.45, 7) is 1.53. The molecule has 1 aliphatic heterocycles. The summed E-state index contributed by atoms with van der Waals surface area (Å²) in [5.41, 5.74) is 1.06. The Balaban J connectivity index is 1.78. The van der Waals surface area contributed by atoms with E-state index < -0.39 is 0 Å². The highest BCUT2D eigenvalue weighted by Crippen LogP contribution is 2.34. The Morgan fingerprint density at radius 2 is 1.78 bits per heavy atom. The van der Waals surface area contributed by atoms with E-state index in [1.807, 2.05) is 36.4 Å². The fourth-order valence-electron chi connectivity index (χ4n) is 2.74. The Labute approximate surface area is 136 Å². The smallest absolute Gasteiger partial charge is 0.164 e. The first-order chi connectivity index (χ1) is 11.2. The Kier molecular flexibility index (Phi) is 4.57. The van der Waals surface area contributed by atoms with E-state index in [2.05, 4.69) is 4.90 Å². The Morgan fingerprint density at radius 1 is 1.00 bits per heavy atom. The standard InChI is InChI=1S/C18H21NO4/c1-21-17-7-6-16(11-18(17)22-2)23-15-5-3-4-13(10-15)19-9-8-14(20)12-19/h3-7,10-11,14,20H,8-9,12H2,1-2H3. The lowest BCUT2D eigenvalue weighted by Gasteiger charge is -2.18. The number of aliphatic hydroxyl groups is 1. The molecule has 1 aliphatic rings. The van der Waals surface area contributed by atoms with Crippen LogP contribution in [0.25, 0.3) is 0 Å². The third kappa shape index (κ3) is 3.51. The summed E-state index contributed by atoms with van der Waals surface area (Å²) in [5.74, 6) is 2.72. The molecule has 1 N–H and O–H groups in total. The summed E-state index contributed by atoms with van der Waals surface area (Å²) in [4.78, 5) is 2.16. The number of hydrogen-bond acceptors (Lipinski definition) is 5. The Bertz CT molecular complexity index is 674. The number of hydrogen-bond donors (Lipinski definition) is 1. The molecule has 122 valence electrons. The maximum atomic E-state index is 9.67. The van der Waals surface area contributed by atoms with Crippen LogP contribution in [0, 0.1) is 0 Å². The van der Waals surface area contributed by atoms with Crippen LogP contribution in [-0.2, 0) is 0 Å². The van der Waals surface area contributed by atoms with E-state index >= 15 is 0 Å². The van der Waals surface area contributed by atoms with Crippen molar-refractivity contribution in [1.82, 2.24) is 0 Å². The first-order valence-electron chi connectivity index (χ1n) is 7.62. The van der Waals surface area contributed by atoms with E-state index in [0.717, 1.165) is 24.4 Å². The molecule has 0 amide bonds. The highest BCUT2D eigenvalue weighted by molar-refractivity contribution is 5.53. The zero-order valence-corrected chi connectivity index (χ0v) is 13.4. The molecule has 1 saturated heterocycles. The van der Waals surface area contributed by atoms with Crippen molar-refractivity contribution in [2.45, 2.75) is 12.5 Å². The third-order valence-corrected chi connectivity index (χ3v) is 3.94. The van der Waals surface area contributed by atoms with Gasteiger partial charge in [0.05, 0.1) is 20.3 Å². The van der Waals surface area contributed by atoms with Crippen molar-refractivity contribution in [1.29, 1.82) is 0 Å². The van der Waals surface area contributed by atoms with Gasteiger partial charge in [0.25, 0.3) is 0 Å². The van der Waals surface area contributed by atoms with E-state index in [9.17, 15) is 5.11 Å². The Morgan fingerprint density at radius 3 is 2.48 bits per heavy atom. The molecule has 0 aliphatic carbocycles. The lowest BCUT2D eigenvalue weighted by molar-refractivity contribution is 0.198. The quantitative estimate of drug-likeness (QED) is 0.919. The number of aliphatic hydroxyl groups excluding tert-OH is 1. The molecule has 23 heavy (non-hydrogen) atoms. The molecule has 2 aromatic rings. The number of β-amino-alcohol motifs (C(OH)–C–C–N with tert-alkyl or cyclic N) is 1. The summed E-state index contributed by atoms with van der Waals surface area (Å²) in [5, 5.41) is 9.67. The molecule has 0 aromatic heterocycles. The normalized spacial score (nSPS) is 17.2. The van der Waals surface area contributed by atoms with Crippen LogP contribution < -0.4 is 19.1 Å². The van der Waals surface area contributed by atoms with Crippen molar-refractivity contribution in [3.8, 4) is 23.0 Å². The molecule has 3 rings (SSSR count). The average molecular weight is 315 g/mol. The fraction of sp³-hybridized carbons (Fsp3) is 0.333. The third-order valence-electron chi connectivity index (χ3n) is 3.94. The molecule has 0 radical (unpaired) electrons. The predicted molar refractivity (Wildman–Crippen MR) is 88.9 cm³/mol. The molecule has 1 fully saturated rings. The molecule has 0 bridgehead atoms. The number of nitrogens with zero attached hydrogens (tertiary/aromatic N) is 1. The lowest BCUT2D eigenvalue weighted by Crippen LogP contribution is -2.20. The summed E-state index contributed by atoms with van der Waals surface area (Å²) >= 11 is 0. The Hall–Kier alpha value is -2.40. The van der Waals surface area contributed by atoms with Gasteiger partial charge in [-0.25, -0.2) is 0 Å². The van der Waals surface area contributed by atoms with E-state index in [4.69, 9.17) is 14.2 Å². The van der Waals surface area contributed by atoms with Crippen LogP contribution in [0.4, 0.5) is 5.69 Å². The van der Waals surface area contributed by atoms with Gasteiger partial charge in [-0.3, -0.25) is 0 Å². The van der Waals surface area contributed by atoms with Crippen LogP contribution in [0.5, 0.6) is 23.0 Å². The van der Waals surface area contributed by atoms with Gasteiger partial charge in [0.15, 0.2) is 11.5 Å². The van der Waals surface area contributed by atoms with Crippen molar-refractivity contribution >= 4 is 5.69 Å². The largest absolute Gasteiger partial charge is 0.493 e. The maximum Gasteiger partial charge on any atom is 0.164 e. The molecule has 1 heterocycles. The molecule has 0 spiro atoms. The van der Waals surface area contributed by atoms with Gasteiger partial charge in [-0.05, 0) is 30.7 Å². The molecule has 2 aromatic carbocycles. The highest BCUT2D eigenvalue weighted by Gasteiger charge is 2.20. The van der Waals surface area contributed by atoms with Gasteiger partial charge in [-0.15, -0.1) is 0 Å². The first kappa shape index (κ1) is 15.5. The van der Waals surface area contributed by atoms with Crippen LogP contribution in [-0.4, -0.2) is 38.5 Å². The zero-order valence-electron chi connectivity index (χ0n) is 13.4. The van der Waals surface area contributed by atoms with Gasteiger partial charge < -0.3 is 24.2 Å². The van der Waals surface area contributed by atoms with Crippen LogP contribution in [0.2, 0.25) is 0 Å². The number of ether oxygens (including phenoxy) is 3. The summed E-state index contributed by atoms with van der Waals surface area (Å²) < 4.78 is 16.4. The maximum absolute atomic E-state index is 9.67. The van der Waals surface area contributed by atoms with Crippen LogP contribution in [0.3, 0.4) is 0 Å². The van der Waals surface area contributed by atoms with Crippen LogP contribution in [0.15, 0.2) is 42.5 Å². The first-order valence-corrected chi connectivity index (χ1v) is 7.62. The minimum absolute atomic E-state index is 0.245. The monoisotopic (exact) mass is 315 g/mol. The molecule has 1 unspecified atom stereocenters. The van der Waals surface area contributed by atoms with E-state index in [1.54, 1.807) is 20.3 Å². The molecular weight excluding hydrogens is 294 g/mol. The van der Waals surface area contributed by atoms with Gasteiger partial charge in [0, 0.05) is 30.9 Å². The topological polar surface area (TPSA) is 51.2 Å². The number of methoxy groups -OCH3 is 2. The van der Waals surface area contributed by atoms with Crippen LogP contribution in [0.1, 0.15) is 6.42 Å². The minimum Gasteiger partial charge on any atom is -0.493 e. The van der Waals surface area contributed by atoms with Crippen molar-refractivity contribution in [3.63, 3.8) is 0 Å². The number of anilines is 1. The summed E-state index contributed by atoms with van der Waals surface area (Å²) in [7, 11) is 3.20. The van der Waals surface area contributed by atoms with Gasteiger partial charge >= 0.3 is 0 Å². The minimum atomic E-state index is -0.245. The number of rotatable bonds is 5.